The summed E-state index contributed by atoms with van der Waals surface area (Å²) in [4.78, 5) is 22.6. The fourth-order valence-corrected chi connectivity index (χ4v) is 1.97. The third-order valence-electron chi connectivity index (χ3n) is 3.04. The van der Waals surface area contributed by atoms with Crippen LogP contribution in [0.2, 0.25) is 0 Å². The first-order chi connectivity index (χ1) is 10.3. The van der Waals surface area contributed by atoms with Gasteiger partial charge in [-0.15, -0.1) is 0 Å². The van der Waals surface area contributed by atoms with Gasteiger partial charge in [-0.05, 0) is 38.3 Å². The molecule has 0 spiro atoms. The average Bonchev–Trinajstić information content (AvgIpc) is 2.42. The van der Waals surface area contributed by atoms with Gasteiger partial charge in [0, 0.05) is 6.42 Å². The molecule has 122 valence electrons. The van der Waals surface area contributed by atoms with Crippen LogP contribution in [0.3, 0.4) is 0 Å². The Balaban J connectivity index is 0.000000401. The summed E-state index contributed by atoms with van der Waals surface area (Å²) in [5.41, 5.74) is 2.15. The summed E-state index contributed by atoms with van der Waals surface area (Å²) < 4.78 is 0. The molecule has 0 saturated heterocycles. The zero-order valence-electron chi connectivity index (χ0n) is 14.1. The number of hydrogen-bond donors (Lipinski definition) is 1. The molecule has 0 saturated carbocycles. The molecule has 0 aliphatic rings. The zero-order chi connectivity index (χ0) is 17.1. The Labute approximate surface area is 133 Å². The molecule has 0 bridgehead atoms. The molecule has 4 nitrogen and oxygen atoms in total. The van der Waals surface area contributed by atoms with Gasteiger partial charge >= 0.3 is 0 Å². The Morgan fingerprint density at radius 1 is 1.14 bits per heavy atom. The van der Waals surface area contributed by atoms with Crippen LogP contribution in [-0.2, 0) is 4.79 Å². The van der Waals surface area contributed by atoms with E-state index in [0.29, 0.717) is 6.42 Å². The summed E-state index contributed by atoms with van der Waals surface area (Å²) in [6.07, 6.45) is 4.19. The minimum Gasteiger partial charge on any atom is -0.545 e. The third kappa shape index (κ3) is 9.88. The Bertz CT molecular complexity index is 487. The van der Waals surface area contributed by atoms with E-state index in [9.17, 15) is 14.7 Å². The highest BCUT2D eigenvalue weighted by atomic mass is 16.4. The van der Waals surface area contributed by atoms with Crippen LogP contribution in [0.15, 0.2) is 30.9 Å². The van der Waals surface area contributed by atoms with Crippen LogP contribution in [0.1, 0.15) is 40.7 Å². The highest BCUT2D eigenvalue weighted by molar-refractivity contribution is 5.88. The van der Waals surface area contributed by atoms with Crippen molar-refractivity contribution in [1.82, 2.24) is 0 Å². The maximum Gasteiger partial charge on any atom is 0.155 e. The summed E-state index contributed by atoms with van der Waals surface area (Å²) in [7, 11) is 4.24. The van der Waals surface area contributed by atoms with Crippen LogP contribution in [0.25, 0.3) is 0 Å². The minimum absolute atomic E-state index is 0.166. The topological polar surface area (TPSA) is 61.6 Å². The molecule has 1 aromatic carbocycles. The predicted octanol–water partition coefficient (Wildman–Crippen LogP) is 0.723. The van der Waals surface area contributed by atoms with Crippen LogP contribution in [-0.4, -0.2) is 32.4 Å². The van der Waals surface area contributed by atoms with Crippen molar-refractivity contribution in [1.29, 1.82) is 0 Å². The lowest BCUT2D eigenvalue weighted by Crippen LogP contribution is -3.05. The third-order valence-corrected chi connectivity index (χ3v) is 3.04. The normalized spacial score (nSPS) is 9.86. The number of aryl methyl sites for hydroxylation is 2. The van der Waals surface area contributed by atoms with Crippen molar-refractivity contribution in [2.75, 3.05) is 20.6 Å². The monoisotopic (exact) mass is 305 g/mol. The van der Waals surface area contributed by atoms with E-state index < -0.39 is 5.97 Å². The molecule has 1 N–H and O–H groups in total. The lowest BCUT2D eigenvalue weighted by molar-refractivity contribution is -0.858. The van der Waals surface area contributed by atoms with Crippen LogP contribution in [0.5, 0.6) is 0 Å². The predicted molar refractivity (Wildman–Crippen MR) is 87.0 cm³/mol. The van der Waals surface area contributed by atoms with Gasteiger partial charge in [-0.3, -0.25) is 4.79 Å². The van der Waals surface area contributed by atoms with Crippen molar-refractivity contribution in [2.45, 2.75) is 33.1 Å². The van der Waals surface area contributed by atoms with Gasteiger partial charge in [-0.1, -0.05) is 35.9 Å². The van der Waals surface area contributed by atoms with Crippen molar-refractivity contribution in [2.24, 2.45) is 0 Å². The van der Waals surface area contributed by atoms with E-state index in [2.05, 4.69) is 20.7 Å². The molecule has 0 unspecified atom stereocenters. The van der Waals surface area contributed by atoms with Gasteiger partial charge < -0.3 is 14.8 Å². The number of carboxylic acids is 1. The van der Waals surface area contributed by atoms with E-state index in [1.807, 2.05) is 19.9 Å². The smallest absolute Gasteiger partial charge is 0.155 e. The fourth-order valence-electron chi connectivity index (χ4n) is 1.97. The number of ketones is 1. The number of rotatable bonds is 7. The van der Waals surface area contributed by atoms with Gasteiger partial charge in [0.2, 0.25) is 0 Å². The highest BCUT2D eigenvalue weighted by Crippen LogP contribution is 2.07. The first-order valence-corrected chi connectivity index (χ1v) is 7.50. The Morgan fingerprint density at radius 2 is 1.68 bits per heavy atom. The molecule has 1 rings (SSSR count). The molecule has 22 heavy (non-hydrogen) atoms. The fraction of sp³-hybridized carbons (Fsp3) is 0.444. The van der Waals surface area contributed by atoms with Crippen LogP contribution < -0.4 is 10.0 Å². The second-order valence-electron chi connectivity index (χ2n) is 5.75. The quantitative estimate of drug-likeness (QED) is 0.596. The first-order valence-electron chi connectivity index (χ1n) is 7.50. The maximum atomic E-state index is 10.7. The van der Waals surface area contributed by atoms with Gasteiger partial charge in [0.05, 0.1) is 26.6 Å². The van der Waals surface area contributed by atoms with Gasteiger partial charge in [0.25, 0.3) is 0 Å². The van der Waals surface area contributed by atoms with Crippen LogP contribution in [0, 0.1) is 13.8 Å². The Morgan fingerprint density at radius 3 is 2.09 bits per heavy atom. The standard InChI is InChI=1S/C9H17NO.C9H10O2/c1-4-9(11)7-5-6-8-10(2)3;1-6-3-7(2)5-8(4-6)9(10)11/h4H,1,5-8H2,2-3H3;3-5H,1-2H3,(H,10,11). The number of benzene rings is 1. The van der Waals surface area contributed by atoms with E-state index in [4.69, 9.17) is 0 Å². The number of allylic oxidation sites excluding steroid dienone is 1. The molecule has 0 heterocycles. The highest BCUT2D eigenvalue weighted by Gasteiger charge is 1.97. The second kappa shape index (κ2) is 10.7. The number of carbonyl (C=O) groups excluding carboxylic acids is 2. The van der Waals surface area contributed by atoms with Crippen LogP contribution in [0.4, 0.5) is 0 Å². The molecule has 1 aromatic rings. The maximum absolute atomic E-state index is 10.7. The minimum atomic E-state index is -1.11. The number of unbranched alkanes of at least 4 members (excludes halogenated alkanes) is 1. The molecule has 0 amide bonds. The lowest BCUT2D eigenvalue weighted by Gasteiger charge is -2.05. The average molecular weight is 305 g/mol. The molecule has 0 atom stereocenters. The molecule has 0 radical (unpaired) electrons. The number of carbonyl (C=O) groups is 2. The number of hydrogen-bond acceptors (Lipinski definition) is 3. The zero-order valence-corrected chi connectivity index (χ0v) is 14.1. The largest absolute Gasteiger partial charge is 0.545 e. The van der Waals surface area contributed by atoms with Gasteiger partial charge in [0.15, 0.2) is 5.78 Å². The molecule has 4 heteroatoms. The van der Waals surface area contributed by atoms with E-state index in [0.717, 1.165) is 30.5 Å². The summed E-state index contributed by atoms with van der Waals surface area (Å²) >= 11 is 0. The second-order valence-corrected chi connectivity index (χ2v) is 5.75. The van der Waals surface area contributed by atoms with Crippen molar-refractivity contribution < 1.29 is 19.6 Å². The molecule has 0 fully saturated rings. The van der Waals surface area contributed by atoms with Crippen molar-refractivity contribution >= 4 is 11.8 Å². The molecule has 0 aliphatic heterocycles. The summed E-state index contributed by atoms with van der Waals surface area (Å²) in [5.74, 6) is -0.949. The number of carboxylic acid groups (broad SMARTS) is 1. The summed E-state index contributed by atoms with van der Waals surface area (Å²) in [6, 6.07) is 5.12. The Hall–Kier alpha value is -1.94. The van der Waals surface area contributed by atoms with Crippen LogP contribution >= 0.6 is 0 Å². The molecule has 0 aromatic heterocycles. The first kappa shape index (κ1) is 20.1. The summed E-state index contributed by atoms with van der Waals surface area (Å²) in [6.45, 7) is 8.28. The molecule has 0 aliphatic carbocycles. The number of aromatic carboxylic acids is 1. The SMILES string of the molecule is C=CC(=O)CCCC[NH+](C)C.Cc1cc(C)cc(C(=O)[O-])c1. The lowest BCUT2D eigenvalue weighted by atomic mass is 10.1. The van der Waals surface area contributed by atoms with Gasteiger partial charge in [-0.2, -0.15) is 0 Å². The number of quaternary nitrogens is 1. The Kier molecular flexibility index (Phi) is 9.79. The number of nitrogens with one attached hydrogen (secondary N) is 1. The van der Waals surface area contributed by atoms with Gasteiger partial charge in [0.1, 0.15) is 0 Å². The van der Waals surface area contributed by atoms with E-state index in [1.54, 1.807) is 12.1 Å². The van der Waals surface area contributed by atoms with Crippen molar-refractivity contribution in [3.63, 3.8) is 0 Å². The summed E-state index contributed by atoms with van der Waals surface area (Å²) in [5, 5.41) is 10.4. The molecular weight excluding hydrogens is 278 g/mol. The van der Waals surface area contributed by atoms with E-state index in [-0.39, 0.29) is 11.3 Å². The van der Waals surface area contributed by atoms with E-state index in [1.165, 1.54) is 11.0 Å². The molecular formula is C18H27NO3. The van der Waals surface area contributed by atoms with E-state index >= 15 is 0 Å². The van der Waals surface area contributed by atoms with Crippen molar-refractivity contribution in [3.05, 3.63) is 47.5 Å². The van der Waals surface area contributed by atoms with Crippen molar-refractivity contribution in [3.8, 4) is 0 Å². The van der Waals surface area contributed by atoms with Gasteiger partial charge in [-0.25, -0.2) is 0 Å².